The molecular weight excluding hydrogens is 396 g/mol. The fourth-order valence-corrected chi connectivity index (χ4v) is 4.85. The summed E-state index contributed by atoms with van der Waals surface area (Å²) in [5.41, 5.74) is 0.933. The smallest absolute Gasteiger partial charge is 0.303 e. The molecule has 0 aliphatic carbocycles. The quantitative estimate of drug-likeness (QED) is 0.196. The van der Waals surface area contributed by atoms with Crippen LogP contribution in [0, 0.1) is 5.41 Å². The van der Waals surface area contributed by atoms with E-state index in [1.807, 2.05) is 12.1 Å². The van der Waals surface area contributed by atoms with E-state index in [0.29, 0.717) is 0 Å². The molecule has 1 atom stereocenters. The number of carboxylic acid groups (broad SMARTS) is 1. The topological polar surface area (TPSA) is 57.5 Å². The first-order valence-corrected chi connectivity index (χ1v) is 13.4. The van der Waals surface area contributed by atoms with Crippen molar-refractivity contribution in [3.63, 3.8) is 0 Å². The van der Waals surface area contributed by atoms with Crippen LogP contribution in [0.15, 0.2) is 24.3 Å². The van der Waals surface area contributed by atoms with Crippen molar-refractivity contribution in [2.45, 2.75) is 136 Å². The van der Waals surface area contributed by atoms with Crippen molar-refractivity contribution in [3.8, 4) is 5.75 Å². The Morgan fingerprint density at radius 1 is 0.750 bits per heavy atom. The van der Waals surface area contributed by atoms with Gasteiger partial charge in [0.25, 0.3) is 0 Å². The van der Waals surface area contributed by atoms with Crippen LogP contribution in [0.1, 0.15) is 141 Å². The first-order valence-electron chi connectivity index (χ1n) is 13.4. The monoisotopic (exact) mass is 446 g/mol. The standard InChI is InChI=1S/C29H50O3/c1-4-5-6-7-8-9-10-11-12-13-14-15-16-17-18-23-29(2,3)27(24-28(31)32)25-19-21-26(30)22-20-25/h19-22,27,30H,4-18,23-24H2,1-3H3,(H,31,32). The van der Waals surface area contributed by atoms with Crippen LogP contribution in [-0.4, -0.2) is 16.2 Å². The average Bonchev–Trinajstić information content (AvgIpc) is 2.75. The Bertz CT molecular complexity index is 591. The van der Waals surface area contributed by atoms with Gasteiger partial charge in [-0.15, -0.1) is 0 Å². The van der Waals surface area contributed by atoms with Crippen LogP contribution in [0.5, 0.6) is 5.75 Å². The molecule has 0 saturated carbocycles. The Morgan fingerprint density at radius 3 is 1.56 bits per heavy atom. The molecule has 0 saturated heterocycles. The Morgan fingerprint density at radius 2 is 1.16 bits per heavy atom. The van der Waals surface area contributed by atoms with Crippen molar-refractivity contribution in [1.82, 2.24) is 0 Å². The van der Waals surface area contributed by atoms with Gasteiger partial charge in [-0.2, -0.15) is 0 Å². The van der Waals surface area contributed by atoms with Gasteiger partial charge in [-0.05, 0) is 35.4 Å². The minimum Gasteiger partial charge on any atom is -0.508 e. The number of aliphatic carboxylic acids is 1. The van der Waals surface area contributed by atoms with Crippen LogP contribution in [0.25, 0.3) is 0 Å². The number of hydrogen-bond donors (Lipinski definition) is 2. The number of aromatic hydroxyl groups is 1. The number of phenols is 1. The molecule has 1 aromatic rings. The highest BCUT2D eigenvalue weighted by atomic mass is 16.4. The number of carbonyl (C=O) groups is 1. The van der Waals surface area contributed by atoms with Gasteiger partial charge < -0.3 is 10.2 Å². The molecule has 0 radical (unpaired) electrons. The summed E-state index contributed by atoms with van der Waals surface area (Å²) in [4.78, 5) is 11.5. The summed E-state index contributed by atoms with van der Waals surface area (Å²) in [6.07, 6.45) is 21.6. The van der Waals surface area contributed by atoms with Gasteiger partial charge in [0.1, 0.15) is 5.75 Å². The van der Waals surface area contributed by atoms with E-state index in [9.17, 15) is 15.0 Å². The largest absolute Gasteiger partial charge is 0.508 e. The number of rotatable bonds is 20. The van der Waals surface area contributed by atoms with E-state index in [0.717, 1.165) is 18.4 Å². The summed E-state index contributed by atoms with van der Waals surface area (Å²) in [5, 5.41) is 19.0. The summed E-state index contributed by atoms with van der Waals surface area (Å²) >= 11 is 0. The zero-order valence-electron chi connectivity index (χ0n) is 21.2. The summed E-state index contributed by atoms with van der Waals surface area (Å²) in [6.45, 7) is 6.66. The van der Waals surface area contributed by atoms with Crippen molar-refractivity contribution in [2.75, 3.05) is 0 Å². The summed E-state index contributed by atoms with van der Waals surface area (Å²) in [7, 11) is 0. The van der Waals surface area contributed by atoms with Gasteiger partial charge in [-0.25, -0.2) is 0 Å². The molecule has 32 heavy (non-hydrogen) atoms. The van der Waals surface area contributed by atoms with E-state index in [1.54, 1.807) is 12.1 Å². The summed E-state index contributed by atoms with van der Waals surface area (Å²) in [5.74, 6) is -0.567. The molecule has 0 spiro atoms. The molecule has 0 fully saturated rings. The third-order valence-corrected chi connectivity index (χ3v) is 7.04. The van der Waals surface area contributed by atoms with Gasteiger partial charge >= 0.3 is 5.97 Å². The molecule has 184 valence electrons. The molecule has 0 bridgehead atoms. The zero-order chi connectivity index (χ0) is 23.7. The Labute approximate surface area is 198 Å². The van der Waals surface area contributed by atoms with Gasteiger partial charge in [0.15, 0.2) is 0 Å². The predicted octanol–water partition coefficient (Wildman–Crippen LogP) is 9.24. The number of phenolic OH excluding ortho intramolecular Hbond substituents is 1. The molecule has 0 aliphatic heterocycles. The van der Waals surface area contributed by atoms with Gasteiger partial charge in [-0.1, -0.05) is 129 Å². The number of unbranched alkanes of at least 4 members (excludes halogenated alkanes) is 14. The van der Waals surface area contributed by atoms with Crippen LogP contribution in [0.4, 0.5) is 0 Å². The molecule has 2 N–H and O–H groups in total. The normalized spacial score (nSPS) is 12.7. The molecule has 1 unspecified atom stereocenters. The Hall–Kier alpha value is -1.51. The van der Waals surface area contributed by atoms with Crippen LogP contribution in [0.2, 0.25) is 0 Å². The lowest BCUT2D eigenvalue weighted by Crippen LogP contribution is -2.25. The molecule has 0 aliphatic rings. The minimum absolute atomic E-state index is 0.0350. The fourth-order valence-electron chi connectivity index (χ4n) is 4.85. The highest BCUT2D eigenvalue weighted by Gasteiger charge is 2.32. The highest BCUT2D eigenvalue weighted by molar-refractivity contribution is 5.68. The second kappa shape index (κ2) is 17.0. The lowest BCUT2D eigenvalue weighted by Gasteiger charge is -2.34. The minimum atomic E-state index is -0.757. The molecule has 0 aromatic heterocycles. The zero-order valence-corrected chi connectivity index (χ0v) is 21.2. The first-order chi connectivity index (χ1) is 15.4. The first kappa shape index (κ1) is 28.5. The van der Waals surface area contributed by atoms with Crippen molar-refractivity contribution in [1.29, 1.82) is 0 Å². The number of benzene rings is 1. The van der Waals surface area contributed by atoms with E-state index >= 15 is 0 Å². The van der Waals surface area contributed by atoms with Gasteiger partial charge in [0.2, 0.25) is 0 Å². The SMILES string of the molecule is CCCCCCCCCCCCCCCCCC(C)(C)C(CC(=O)O)c1ccc(O)cc1. The van der Waals surface area contributed by atoms with Gasteiger partial charge in [-0.3, -0.25) is 4.79 Å². The molecule has 0 heterocycles. The maximum atomic E-state index is 11.5. The van der Waals surface area contributed by atoms with E-state index < -0.39 is 5.97 Å². The highest BCUT2D eigenvalue weighted by Crippen LogP contribution is 2.42. The summed E-state index contributed by atoms with van der Waals surface area (Å²) < 4.78 is 0. The van der Waals surface area contributed by atoms with Crippen LogP contribution in [-0.2, 0) is 4.79 Å². The van der Waals surface area contributed by atoms with Gasteiger partial charge in [0, 0.05) is 0 Å². The van der Waals surface area contributed by atoms with E-state index in [4.69, 9.17) is 0 Å². The van der Waals surface area contributed by atoms with Crippen molar-refractivity contribution in [3.05, 3.63) is 29.8 Å². The molecule has 1 aromatic carbocycles. The average molecular weight is 447 g/mol. The summed E-state index contributed by atoms with van der Waals surface area (Å²) in [6, 6.07) is 7.07. The maximum Gasteiger partial charge on any atom is 0.303 e. The predicted molar refractivity (Wildman–Crippen MR) is 136 cm³/mol. The number of carboxylic acids is 1. The molecule has 1 rings (SSSR count). The molecule has 3 nitrogen and oxygen atoms in total. The Balaban J connectivity index is 2.14. The second-order valence-corrected chi connectivity index (χ2v) is 10.4. The lowest BCUT2D eigenvalue weighted by molar-refractivity contribution is -0.138. The van der Waals surface area contributed by atoms with E-state index in [2.05, 4.69) is 20.8 Å². The van der Waals surface area contributed by atoms with Crippen molar-refractivity contribution in [2.24, 2.45) is 5.41 Å². The van der Waals surface area contributed by atoms with Crippen LogP contribution in [0.3, 0.4) is 0 Å². The Kier molecular flexibility index (Phi) is 15.2. The second-order valence-electron chi connectivity index (χ2n) is 10.4. The van der Waals surface area contributed by atoms with Gasteiger partial charge in [0.05, 0.1) is 6.42 Å². The molecular formula is C29H50O3. The fraction of sp³-hybridized carbons (Fsp3) is 0.759. The van der Waals surface area contributed by atoms with Crippen LogP contribution >= 0.6 is 0 Å². The van der Waals surface area contributed by atoms with Crippen LogP contribution < -0.4 is 0 Å². The van der Waals surface area contributed by atoms with Crippen molar-refractivity contribution < 1.29 is 15.0 Å². The molecule has 3 heteroatoms. The van der Waals surface area contributed by atoms with Crippen molar-refractivity contribution >= 4 is 5.97 Å². The molecule has 0 amide bonds. The number of hydrogen-bond acceptors (Lipinski definition) is 2. The van der Waals surface area contributed by atoms with E-state index in [1.165, 1.54) is 89.9 Å². The third kappa shape index (κ3) is 13.1. The van der Waals surface area contributed by atoms with E-state index in [-0.39, 0.29) is 23.5 Å². The maximum absolute atomic E-state index is 11.5. The third-order valence-electron chi connectivity index (χ3n) is 7.04. The lowest BCUT2D eigenvalue weighted by atomic mass is 9.70.